The fourth-order valence-electron chi connectivity index (χ4n) is 1.90. The highest BCUT2D eigenvalue weighted by Crippen LogP contribution is 2.11. The summed E-state index contributed by atoms with van der Waals surface area (Å²) in [4.78, 5) is 0. The van der Waals surface area contributed by atoms with Crippen LogP contribution in [0.15, 0.2) is 24.3 Å². The van der Waals surface area contributed by atoms with Gasteiger partial charge in [0.05, 0.1) is 12.2 Å². The second kappa shape index (κ2) is 8.27. The van der Waals surface area contributed by atoms with Crippen molar-refractivity contribution in [2.75, 3.05) is 27.4 Å². The van der Waals surface area contributed by atoms with Gasteiger partial charge in [0.1, 0.15) is 0 Å². The Balaban J connectivity index is 2.44. The minimum atomic E-state index is -0.744. The molecule has 1 atom stereocenters. The van der Waals surface area contributed by atoms with Crippen molar-refractivity contribution in [3.63, 3.8) is 0 Å². The molecule has 0 radical (unpaired) electrons. The van der Waals surface area contributed by atoms with Gasteiger partial charge in [-0.25, -0.2) is 0 Å². The van der Waals surface area contributed by atoms with Crippen LogP contribution in [0, 0.1) is 0 Å². The Morgan fingerprint density at radius 1 is 1.16 bits per heavy atom. The second-order valence-corrected chi connectivity index (χ2v) is 5.05. The van der Waals surface area contributed by atoms with Crippen LogP contribution in [0.4, 0.5) is 0 Å². The van der Waals surface area contributed by atoms with Crippen LogP contribution in [0.5, 0.6) is 0 Å². The molecule has 0 aliphatic rings. The first-order valence-electron chi connectivity index (χ1n) is 6.57. The molecular formula is C15H25NO3. The van der Waals surface area contributed by atoms with E-state index < -0.39 is 5.60 Å². The van der Waals surface area contributed by atoms with Gasteiger partial charge in [0.2, 0.25) is 0 Å². The molecule has 2 N–H and O–H groups in total. The van der Waals surface area contributed by atoms with Crippen molar-refractivity contribution in [1.29, 1.82) is 0 Å². The zero-order chi connectivity index (χ0) is 14.1. The third-order valence-electron chi connectivity index (χ3n) is 3.08. The van der Waals surface area contributed by atoms with Crippen molar-refractivity contribution in [3.05, 3.63) is 35.4 Å². The quantitative estimate of drug-likeness (QED) is 0.715. The Morgan fingerprint density at radius 2 is 1.84 bits per heavy atom. The Bertz CT molecular complexity index is 366. The molecule has 4 nitrogen and oxygen atoms in total. The van der Waals surface area contributed by atoms with Gasteiger partial charge in [-0.3, -0.25) is 0 Å². The van der Waals surface area contributed by atoms with Gasteiger partial charge in [-0.05, 0) is 18.1 Å². The molecule has 0 spiro atoms. The fraction of sp³-hybridized carbons (Fsp3) is 0.600. The van der Waals surface area contributed by atoms with Crippen LogP contribution < -0.4 is 5.32 Å². The molecule has 0 saturated carbocycles. The third kappa shape index (κ3) is 6.16. The van der Waals surface area contributed by atoms with Crippen molar-refractivity contribution in [2.24, 2.45) is 0 Å². The molecule has 1 rings (SSSR count). The largest absolute Gasteiger partial charge is 0.389 e. The highest BCUT2D eigenvalue weighted by molar-refractivity contribution is 5.26. The van der Waals surface area contributed by atoms with E-state index in [1.165, 1.54) is 11.1 Å². The molecule has 0 bridgehead atoms. The van der Waals surface area contributed by atoms with Gasteiger partial charge < -0.3 is 19.9 Å². The molecule has 1 aromatic carbocycles. The van der Waals surface area contributed by atoms with Crippen molar-refractivity contribution in [1.82, 2.24) is 5.32 Å². The summed E-state index contributed by atoms with van der Waals surface area (Å²) in [6.07, 6.45) is 0.621. The molecule has 1 aromatic rings. The summed E-state index contributed by atoms with van der Waals surface area (Å²) in [5.74, 6) is 0. The predicted molar refractivity (Wildman–Crippen MR) is 76.0 cm³/mol. The van der Waals surface area contributed by atoms with Crippen molar-refractivity contribution >= 4 is 0 Å². The molecule has 0 aliphatic carbocycles. The van der Waals surface area contributed by atoms with E-state index in [2.05, 4.69) is 17.4 Å². The van der Waals surface area contributed by atoms with Crippen molar-refractivity contribution in [2.45, 2.75) is 32.1 Å². The van der Waals surface area contributed by atoms with Crippen LogP contribution in [-0.4, -0.2) is 38.1 Å². The molecule has 0 fully saturated rings. The van der Waals surface area contributed by atoms with Gasteiger partial charge in [0.15, 0.2) is 0 Å². The van der Waals surface area contributed by atoms with E-state index in [1.54, 1.807) is 14.2 Å². The zero-order valence-corrected chi connectivity index (χ0v) is 12.1. The normalized spacial score (nSPS) is 14.3. The van der Waals surface area contributed by atoms with E-state index in [4.69, 9.17) is 9.47 Å². The predicted octanol–water partition coefficient (Wildman–Crippen LogP) is 1.71. The lowest BCUT2D eigenvalue weighted by Crippen LogP contribution is -2.38. The van der Waals surface area contributed by atoms with E-state index in [0.29, 0.717) is 26.2 Å². The molecule has 1 unspecified atom stereocenters. The lowest BCUT2D eigenvalue weighted by atomic mass is 10.0. The zero-order valence-electron chi connectivity index (χ0n) is 12.1. The number of hydrogen-bond acceptors (Lipinski definition) is 4. The molecule has 0 saturated heterocycles. The summed E-state index contributed by atoms with van der Waals surface area (Å²) in [6.45, 7) is 4.26. The van der Waals surface area contributed by atoms with Gasteiger partial charge in [-0.1, -0.05) is 24.3 Å². The Morgan fingerprint density at radius 3 is 2.47 bits per heavy atom. The third-order valence-corrected chi connectivity index (χ3v) is 3.08. The lowest BCUT2D eigenvalue weighted by Gasteiger charge is -2.23. The van der Waals surface area contributed by atoms with E-state index in [1.807, 2.05) is 19.1 Å². The summed E-state index contributed by atoms with van der Waals surface area (Å²) in [7, 11) is 3.34. The topological polar surface area (TPSA) is 50.7 Å². The average molecular weight is 267 g/mol. The first kappa shape index (κ1) is 16.1. The molecule has 0 aromatic heterocycles. The highest BCUT2D eigenvalue weighted by Gasteiger charge is 2.19. The fourth-order valence-corrected chi connectivity index (χ4v) is 1.90. The van der Waals surface area contributed by atoms with Gasteiger partial charge >= 0.3 is 0 Å². The standard InChI is InChI=1S/C15H25NO3/c1-15(17,8-9-18-2)12-16-10-13-6-4-5-7-14(13)11-19-3/h4-7,16-17H,8-12H2,1-3H3. The number of methoxy groups -OCH3 is 2. The molecule has 108 valence electrons. The Labute approximate surface area is 115 Å². The lowest BCUT2D eigenvalue weighted by molar-refractivity contribution is 0.0247. The number of hydrogen-bond donors (Lipinski definition) is 2. The van der Waals surface area contributed by atoms with Crippen LogP contribution in [0.25, 0.3) is 0 Å². The van der Waals surface area contributed by atoms with E-state index in [0.717, 1.165) is 6.54 Å². The summed E-state index contributed by atoms with van der Waals surface area (Å²) in [5.41, 5.74) is 1.63. The minimum Gasteiger partial charge on any atom is -0.389 e. The molecular weight excluding hydrogens is 242 g/mol. The van der Waals surface area contributed by atoms with Crippen LogP contribution in [0.3, 0.4) is 0 Å². The average Bonchev–Trinajstić information content (AvgIpc) is 2.39. The van der Waals surface area contributed by atoms with E-state index >= 15 is 0 Å². The van der Waals surface area contributed by atoms with Gasteiger partial charge in [-0.15, -0.1) is 0 Å². The number of nitrogens with one attached hydrogen (secondary N) is 1. The molecule has 0 aliphatic heterocycles. The number of benzene rings is 1. The first-order valence-corrected chi connectivity index (χ1v) is 6.57. The summed E-state index contributed by atoms with van der Waals surface area (Å²) in [6, 6.07) is 8.15. The molecule has 0 amide bonds. The van der Waals surface area contributed by atoms with Gasteiger partial charge in [0, 0.05) is 40.3 Å². The van der Waals surface area contributed by atoms with Gasteiger partial charge in [-0.2, -0.15) is 0 Å². The van der Waals surface area contributed by atoms with Crippen molar-refractivity contribution in [3.8, 4) is 0 Å². The number of ether oxygens (including phenoxy) is 2. The smallest absolute Gasteiger partial charge is 0.0765 e. The SMILES string of the molecule is COCCC(C)(O)CNCc1ccccc1COC. The summed E-state index contributed by atoms with van der Waals surface area (Å²) in [5, 5.41) is 13.4. The molecule has 0 heterocycles. The van der Waals surface area contributed by atoms with Crippen LogP contribution in [-0.2, 0) is 22.6 Å². The van der Waals surface area contributed by atoms with E-state index in [9.17, 15) is 5.11 Å². The maximum atomic E-state index is 10.1. The minimum absolute atomic E-state index is 0.539. The second-order valence-electron chi connectivity index (χ2n) is 5.05. The Hall–Kier alpha value is -0.940. The number of rotatable bonds is 9. The molecule has 19 heavy (non-hydrogen) atoms. The summed E-state index contributed by atoms with van der Waals surface area (Å²) < 4.78 is 10.2. The van der Waals surface area contributed by atoms with Crippen LogP contribution in [0.2, 0.25) is 0 Å². The Kier molecular flexibility index (Phi) is 7.02. The first-order chi connectivity index (χ1) is 9.09. The summed E-state index contributed by atoms with van der Waals surface area (Å²) >= 11 is 0. The molecule has 4 heteroatoms. The van der Waals surface area contributed by atoms with Crippen molar-refractivity contribution < 1.29 is 14.6 Å². The van der Waals surface area contributed by atoms with Gasteiger partial charge in [0.25, 0.3) is 0 Å². The maximum Gasteiger partial charge on any atom is 0.0765 e. The van der Waals surface area contributed by atoms with Crippen LogP contribution >= 0.6 is 0 Å². The van der Waals surface area contributed by atoms with E-state index in [-0.39, 0.29) is 0 Å². The van der Waals surface area contributed by atoms with Crippen LogP contribution in [0.1, 0.15) is 24.5 Å². The maximum absolute atomic E-state index is 10.1. The number of aliphatic hydroxyl groups is 1. The highest BCUT2D eigenvalue weighted by atomic mass is 16.5. The monoisotopic (exact) mass is 267 g/mol.